The Hall–Kier alpha value is -3.51. The van der Waals surface area contributed by atoms with Crippen molar-refractivity contribution < 1.29 is 14.6 Å². The molecule has 2 atom stereocenters. The second-order valence-electron chi connectivity index (χ2n) is 7.58. The van der Waals surface area contributed by atoms with Crippen molar-refractivity contribution in [3.63, 3.8) is 0 Å². The van der Waals surface area contributed by atoms with E-state index < -0.39 is 12.3 Å². The minimum Gasteiger partial charge on any atom is -0.495 e. The van der Waals surface area contributed by atoms with Gasteiger partial charge in [-0.2, -0.15) is 5.26 Å². The molecule has 10 heteroatoms. The molecule has 34 heavy (non-hydrogen) atoms. The van der Waals surface area contributed by atoms with Crippen LogP contribution in [0.2, 0.25) is 10.2 Å². The van der Waals surface area contributed by atoms with Crippen molar-refractivity contribution in [2.45, 2.75) is 25.6 Å². The maximum atomic E-state index is 13.2. The van der Waals surface area contributed by atoms with Crippen molar-refractivity contribution in [3.8, 4) is 6.07 Å². The Labute approximate surface area is 206 Å². The van der Waals surface area contributed by atoms with Gasteiger partial charge in [0.15, 0.2) is 0 Å². The van der Waals surface area contributed by atoms with Gasteiger partial charge in [0, 0.05) is 28.6 Å². The quantitative estimate of drug-likeness (QED) is 0.521. The molecule has 4 rings (SSSR count). The number of hydrogen-bond acceptors (Lipinski definition) is 6. The summed E-state index contributed by atoms with van der Waals surface area (Å²) in [6.45, 7) is 1.84. The van der Waals surface area contributed by atoms with Crippen LogP contribution in [0.1, 0.15) is 24.5 Å². The van der Waals surface area contributed by atoms with Gasteiger partial charge in [-0.3, -0.25) is 9.20 Å². The van der Waals surface area contributed by atoms with E-state index in [1.165, 1.54) is 18.2 Å². The molecule has 8 nitrogen and oxygen atoms in total. The summed E-state index contributed by atoms with van der Waals surface area (Å²) in [6, 6.07) is 9.77. The lowest BCUT2D eigenvalue weighted by atomic mass is 9.96. The lowest BCUT2D eigenvalue weighted by Gasteiger charge is -2.35. The molecule has 1 aliphatic rings. The third kappa shape index (κ3) is 4.46. The average molecular weight is 498 g/mol. The lowest BCUT2D eigenvalue weighted by Crippen LogP contribution is -2.47. The first-order valence-electron chi connectivity index (χ1n) is 10.4. The number of methoxy groups -OCH3 is 1. The third-order valence-electron chi connectivity index (χ3n) is 5.54. The van der Waals surface area contributed by atoms with Gasteiger partial charge in [-0.25, -0.2) is 4.98 Å². The molecular formula is C24H21Cl2N5O3. The fraction of sp³-hybridized carbons (Fsp3) is 0.208. The number of benzene rings is 1. The molecule has 0 saturated heterocycles. The largest absolute Gasteiger partial charge is 0.495 e. The minimum atomic E-state index is -1.14. The van der Waals surface area contributed by atoms with Gasteiger partial charge in [-0.05, 0) is 42.8 Å². The lowest BCUT2D eigenvalue weighted by molar-refractivity contribution is -0.123. The van der Waals surface area contributed by atoms with Gasteiger partial charge >= 0.3 is 0 Å². The zero-order valence-corrected chi connectivity index (χ0v) is 19.9. The maximum Gasteiger partial charge on any atom is 0.247 e. The van der Waals surface area contributed by atoms with Crippen LogP contribution in [0, 0.1) is 11.3 Å². The molecule has 0 aliphatic carbocycles. The Balaban J connectivity index is 1.62. The summed E-state index contributed by atoms with van der Waals surface area (Å²) in [5.74, 6) is 0.0723. The molecule has 2 aromatic heterocycles. The van der Waals surface area contributed by atoms with Crippen LogP contribution in [0.25, 0.3) is 11.2 Å². The predicted octanol–water partition coefficient (Wildman–Crippen LogP) is 4.44. The number of amides is 1. The molecule has 1 aliphatic heterocycles. The van der Waals surface area contributed by atoms with E-state index in [-0.39, 0.29) is 5.91 Å². The van der Waals surface area contributed by atoms with Gasteiger partial charge in [0.2, 0.25) is 5.91 Å². The van der Waals surface area contributed by atoms with Crippen LogP contribution in [-0.4, -0.2) is 44.7 Å². The standard InChI is InChI=1S/C24H21Cl2N5O3/c1-3-19(24(33)29-16-6-7-22-28-11-21(26)31(22)12-16)30-13-20(34-2)18(9-23(30)32)17-8-15(25)5-4-14(17)10-27/h4-9,11-13,19,23,32H,3H2,1-2H3,(H,29,33). The van der Waals surface area contributed by atoms with Gasteiger partial charge in [-0.1, -0.05) is 30.1 Å². The Morgan fingerprint density at radius 3 is 2.85 bits per heavy atom. The van der Waals surface area contributed by atoms with E-state index in [4.69, 9.17) is 27.9 Å². The Morgan fingerprint density at radius 2 is 2.15 bits per heavy atom. The van der Waals surface area contributed by atoms with Crippen LogP contribution >= 0.6 is 23.2 Å². The Kier molecular flexibility index (Phi) is 6.80. The molecule has 3 aromatic rings. The highest BCUT2D eigenvalue weighted by Gasteiger charge is 2.31. The van der Waals surface area contributed by atoms with Gasteiger partial charge in [-0.15, -0.1) is 0 Å². The van der Waals surface area contributed by atoms with Gasteiger partial charge in [0.05, 0.1) is 30.6 Å². The molecule has 174 valence electrons. The number of fused-ring (bicyclic) bond motifs is 1. The van der Waals surface area contributed by atoms with Crippen molar-refractivity contribution in [1.29, 1.82) is 5.26 Å². The molecule has 1 amide bonds. The van der Waals surface area contributed by atoms with Crippen molar-refractivity contribution in [1.82, 2.24) is 14.3 Å². The van der Waals surface area contributed by atoms with Crippen LogP contribution in [0.15, 0.2) is 60.8 Å². The number of rotatable bonds is 6. The summed E-state index contributed by atoms with van der Waals surface area (Å²) >= 11 is 12.3. The summed E-state index contributed by atoms with van der Waals surface area (Å²) in [6.07, 6.45) is 5.60. The number of aliphatic hydroxyl groups is 1. The predicted molar refractivity (Wildman–Crippen MR) is 130 cm³/mol. The van der Waals surface area contributed by atoms with E-state index in [0.717, 1.165) is 0 Å². The monoisotopic (exact) mass is 497 g/mol. The van der Waals surface area contributed by atoms with Crippen molar-refractivity contribution in [3.05, 3.63) is 82.1 Å². The van der Waals surface area contributed by atoms with E-state index in [1.807, 2.05) is 6.92 Å². The first-order valence-corrected chi connectivity index (χ1v) is 11.2. The highest BCUT2D eigenvalue weighted by molar-refractivity contribution is 6.30. The molecule has 0 fully saturated rings. The van der Waals surface area contributed by atoms with Gasteiger partial charge < -0.3 is 20.1 Å². The van der Waals surface area contributed by atoms with E-state index in [2.05, 4.69) is 16.4 Å². The summed E-state index contributed by atoms with van der Waals surface area (Å²) in [5.41, 5.74) is 2.62. The smallest absolute Gasteiger partial charge is 0.247 e. The van der Waals surface area contributed by atoms with E-state index in [0.29, 0.717) is 50.4 Å². The van der Waals surface area contributed by atoms with Crippen molar-refractivity contribution >= 4 is 46.0 Å². The molecule has 0 radical (unpaired) electrons. The number of imidazole rings is 1. The number of hydrogen-bond donors (Lipinski definition) is 2. The fourth-order valence-corrected chi connectivity index (χ4v) is 4.23. The number of aromatic nitrogens is 2. The summed E-state index contributed by atoms with van der Waals surface area (Å²) in [7, 11) is 1.48. The van der Waals surface area contributed by atoms with Crippen LogP contribution in [0.3, 0.4) is 0 Å². The van der Waals surface area contributed by atoms with E-state index >= 15 is 0 Å². The fourth-order valence-electron chi connectivity index (χ4n) is 3.88. The number of ether oxygens (including phenoxy) is 1. The average Bonchev–Trinajstić information content (AvgIpc) is 3.20. The highest BCUT2D eigenvalue weighted by atomic mass is 35.5. The Morgan fingerprint density at radius 1 is 1.35 bits per heavy atom. The number of aliphatic hydroxyl groups excluding tert-OH is 1. The van der Waals surface area contributed by atoms with E-state index in [9.17, 15) is 15.2 Å². The number of nitriles is 1. The first kappa shape index (κ1) is 23.6. The number of carbonyl (C=O) groups excluding carboxylic acids is 1. The summed E-state index contributed by atoms with van der Waals surface area (Å²) < 4.78 is 7.21. The first-order chi connectivity index (χ1) is 16.4. The zero-order chi connectivity index (χ0) is 24.4. The molecule has 0 bridgehead atoms. The van der Waals surface area contributed by atoms with Gasteiger partial charge in [0.1, 0.15) is 28.8 Å². The molecule has 0 saturated carbocycles. The molecular weight excluding hydrogens is 477 g/mol. The van der Waals surface area contributed by atoms with Crippen LogP contribution in [-0.2, 0) is 9.53 Å². The third-order valence-corrected chi connectivity index (χ3v) is 6.06. The summed E-state index contributed by atoms with van der Waals surface area (Å²) in [5, 5.41) is 24.2. The van der Waals surface area contributed by atoms with Crippen LogP contribution < -0.4 is 5.32 Å². The maximum absolute atomic E-state index is 13.2. The second-order valence-corrected chi connectivity index (χ2v) is 8.40. The molecule has 0 spiro atoms. The number of carbonyl (C=O) groups is 1. The normalized spacial score (nSPS) is 16.5. The molecule has 1 aromatic carbocycles. The minimum absolute atomic E-state index is 0.318. The number of pyridine rings is 1. The number of halogens is 2. The highest BCUT2D eigenvalue weighted by Crippen LogP contribution is 2.34. The molecule has 3 heterocycles. The second kappa shape index (κ2) is 9.77. The molecule has 2 unspecified atom stereocenters. The van der Waals surface area contributed by atoms with Crippen LogP contribution in [0.5, 0.6) is 0 Å². The SMILES string of the molecule is CCC(C(=O)Nc1ccc2ncc(Cl)n2c1)N1C=C(OC)C(c2cc(Cl)ccc2C#N)=CC1O. The Bertz CT molecular complexity index is 1360. The number of nitrogens with zero attached hydrogens (tertiary/aromatic N) is 4. The summed E-state index contributed by atoms with van der Waals surface area (Å²) in [4.78, 5) is 18.8. The van der Waals surface area contributed by atoms with Crippen molar-refractivity contribution in [2.75, 3.05) is 12.4 Å². The topological polar surface area (TPSA) is 103 Å². The van der Waals surface area contributed by atoms with Gasteiger partial charge in [0.25, 0.3) is 0 Å². The van der Waals surface area contributed by atoms with E-state index in [1.54, 1.807) is 53.2 Å². The number of nitrogens with one attached hydrogen (secondary N) is 1. The van der Waals surface area contributed by atoms with Crippen LogP contribution in [0.4, 0.5) is 5.69 Å². The zero-order valence-electron chi connectivity index (χ0n) is 18.4. The molecule has 2 N–H and O–H groups in total. The van der Waals surface area contributed by atoms with Crippen molar-refractivity contribution in [2.24, 2.45) is 0 Å². The number of anilines is 1. The number of allylic oxidation sites excluding steroid dienone is 1.